The number of benzene rings is 2. The highest BCUT2D eigenvalue weighted by Gasteiger charge is 2.01. The molecule has 0 radical (unpaired) electrons. The summed E-state index contributed by atoms with van der Waals surface area (Å²) in [5, 5.41) is 3.25. The summed E-state index contributed by atoms with van der Waals surface area (Å²) in [5.41, 5.74) is 1.56. The molecule has 2 rings (SSSR count). The Morgan fingerprint density at radius 2 is 1.79 bits per heavy atom. The highest BCUT2D eigenvalue weighted by Crippen LogP contribution is 2.20. The maximum atomic E-state index is 11.7. The molecule has 1 N–H and O–H groups in total. The van der Waals surface area contributed by atoms with Crippen LogP contribution < -0.4 is 5.32 Å². The minimum absolute atomic E-state index is 0.212. The van der Waals surface area contributed by atoms with Crippen LogP contribution in [0.1, 0.15) is 5.56 Å². The van der Waals surface area contributed by atoms with Crippen molar-refractivity contribution in [3.63, 3.8) is 0 Å². The van der Waals surface area contributed by atoms with Gasteiger partial charge in [0, 0.05) is 10.5 Å². The van der Waals surface area contributed by atoms with Gasteiger partial charge in [0.1, 0.15) is 0 Å². The van der Waals surface area contributed by atoms with E-state index in [4.69, 9.17) is 11.6 Å². The molecule has 0 unspecified atom stereocenters. The summed E-state index contributed by atoms with van der Waals surface area (Å²) < 4.78 is 1.00. The zero-order valence-corrected chi connectivity index (χ0v) is 12.3. The molecule has 1 amide bonds. The van der Waals surface area contributed by atoms with E-state index >= 15 is 0 Å². The quantitative estimate of drug-likeness (QED) is 0.805. The monoisotopic (exact) mass is 335 g/mol. The van der Waals surface area contributed by atoms with Gasteiger partial charge in [0.2, 0.25) is 5.91 Å². The topological polar surface area (TPSA) is 29.1 Å². The van der Waals surface area contributed by atoms with E-state index in [0.717, 1.165) is 10.0 Å². The standard InChI is InChI=1S/C15H11BrClNO/c16-12-8-5-11(6-9-12)7-10-15(19)18-14-4-2-1-3-13(14)17/h1-10H,(H,18,19)/b10-7+. The SMILES string of the molecule is O=C(/C=C/c1ccc(Br)cc1)Nc1ccccc1Cl. The molecule has 19 heavy (non-hydrogen) atoms. The van der Waals surface area contributed by atoms with Crippen molar-refractivity contribution in [1.29, 1.82) is 0 Å². The summed E-state index contributed by atoms with van der Waals surface area (Å²) in [6.45, 7) is 0. The summed E-state index contributed by atoms with van der Waals surface area (Å²) in [6.07, 6.45) is 3.23. The van der Waals surface area contributed by atoms with Gasteiger partial charge in [-0.05, 0) is 35.9 Å². The third-order valence-corrected chi connectivity index (χ3v) is 3.29. The Balaban J connectivity index is 2.02. The molecule has 2 nitrogen and oxygen atoms in total. The van der Waals surface area contributed by atoms with Crippen molar-refractivity contribution in [3.05, 3.63) is 69.7 Å². The third kappa shape index (κ3) is 4.23. The number of rotatable bonds is 3. The van der Waals surface area contributed by atoms with Crippen molar-refractivity contribution in [2.24, 2.45) is 0 Å². The Morgan fingerprint density at radius 3 is 2.47 bits per heavy atom. The van der Waals surface area contributed by atoms with Gasteiger partial charge in [0.15, 0.2) is 0 Å². The van der Waals surface area contributed by atoms with E-state index in [2.05, 4.69) is 21.2 Å². The van der Waals surface area contributed by atoms with Crippen molar-refractivity contribution in [1.82, 2.24) is 0 Å². The number of para-hydroxylation sites is 1. The molecule has 0 fully saturated rings. The Hall–Kier alpha value is -1.58. The summed E-state index contributed by atoms with van der Waals surface area (Å²) in [7, 11) is 0. The van der Waals surface area contributed by atoms with Crippen LogP contribution in [0.5, 0.6) is 0 Å². The zero-order valence-electron chi connectivity index (χ0n) is 9.94. The second kappa shape index (κ2) is 6.55. The maximum absolute atomic E-state index is 11.7. The number of nitrogens with one attached hydrogen (secondary N) is 1. The summed E-state index contributed by atoms with van der Waals surface area (Å²) in [4.78, 5) is 11.7. The number of carbonyl (C=O) groups excluding carboxylic acids is 1. The van der Waals surface area contributed by atoms with Crippen molar-refractivity contribution in [2.75, 3.05) is 5.32 Å². The van der Waals surface area contributed by atoms with E-state index in [1.54, 1.807) is 18.2 Å². The van der Waals surface area contributed by atoms with E-state index in [0.29, 0.717) is 10.7 Å². The van der Waals surface area contributed by atoms with Crippen LogP contribution in [0, 0.1) is 0 Å². The van der Waals surface area contributed by atoms with E-state index in [1.165, 1.54) is 6.08 Å². The van der Waals surface area contributed by atoms with E-state index in [1.807, 2.05) is 36.4 Å². The van der Waals surface area contributed by atoms with Crippen LogP contribution in [-0.2, 0) is 4.79 Å². The summed E-state index contributed by atoms with van der Waals surface area (Å²) >= 11 is 9.32. The molecule has 0 aliphatic heterocycles. The fraction of sp³-hybridized carbons (Fsp3) is 0. The number of carbonyl (C=O) groups is 1. The van der Waals surface area contributed by atoms with E-state index < -0.39 is 0 Å². The lowest BCUT2D eigenvalue weighted by Crippen LogP contribution is -2.07. The highest BCUT2D eigenvalue weighted by molar-refractivity contribution is 9.10. The molecule has 0 saturated heterocycles. The largest absolute Gasteiger partial charge is 0.321 e. The molecule has 2 aromatic rings. The number of halogens is 2. The Kier molecular flexibility index (Phi) is 4.77. The Morgan fingerprint density at radius 1 is 1.11 bits per heavy atom. The van der Waals surface area contributed by atoms with Crippen molar-refractivity contribution < 1.29 is 4.79 Å². The Labute approximate surface area is 125 Å². The van der Waals surface area contributed by atoms with Crippen LogP contribution in [0.4, 0.5) is 5.69 Å². The molecule has 0 aliphatic carbocycles. The summed E-state index contributed by atoms with van der Waals surface area (Å²) in [6, 6.07) is 14.8. The second-order valence-electron chi connectivity index (χ2n) is 3.85. The first kappa shape index (κ1) is 13.8. The van der Waals surface area contributed by atoms with Crippen LogP contribution in [0.2, 0.25) is 5.02 Å². The number of hydrogen-bond acceptors (Lipinski definition) is 1. The van der Waals surface area contributed by atoms with E-state index in [-0.39, 0.29) is 5.91 Å². The predicted octanol–water partition coefficient (Wildman–Crippen LogP) is 4.75. The molecule has 0 bridgehead atoms. The molecular weight excluding hydrogens is 326 g/mol. The van der Waals surface area contributed by atoms with Gasteiger partial charge in [-0.2, -0.15) is 0 Å². The molecule has 0 aromatic heterocycles. The molecule has 96 valence electrons. The third-order valence-electron chi connectivity index (χ3n) is 2.43. The smallest absolute Gasteiger partial charge is 0.248 e. The van der Waals surface area contributed by atoms with Gasteiger partial charge in [-0.25, -0.2) is 0 Å². The number of hydrogen-bond donors (Lipinski definition) is 1. The first-order valence-corrected chi connectivity index (χ1v) is 6.81. The van der Waals surface area contributed by atoms with Crippen LogP contribution in [0.3, 0.4) is 0 Å². The Bertz CT molecular complexity index is 608. The minimum atomic E-state index is -0.212. The van der Waals surface area contributed by atoms with Gasteiger partial charge < -0.3 is 5.32 Å². The maximum Gasteiger partial charge on any atom is 0.248 e. The molecule has 0 heterocycles. The van der Waals surface area contributed by atoms with E-state index in [9.17, 15) is 4.79 Å². The zero-order chi connectivity index (χ0) is 13.7. The number of amides is 1. The average molecular weight is 337 g/mol. The van der Waals surface area contributed by atoms with Gasteiger partial charge in [-0.1, -0.05) is 51.8 Å². The van der Waals surface area contributed by atoms with Crippen LogP contribution in [0.15, 0.2) is 59.1 Å². The fourth-order valence-corrected chi connectivity index (χ4v) is 1.93. The van der Waals surface area contributed by atoms with Gasteiger partial charge in [-0.15, -0.1) is 0 Å². The van der Waals surface area contributed by atoms with Crippen molar-refractivity contribution in [2.45, 2.75) is 0 Å². The average Bonchev–Trinajstić information content (AvgIpc) is 2.41. The van der Waals surface area contributed by atoms with Crippen LogP contribution in [-0.4, -0.2) is 5.91 Å². The second-order valence-corrected chi connectivity index (χ2v) is 5.18. The molecule has 0 aliphatic rings. The molecular formula is C15H11BrClNO. The summed E-state index contributed by atoms with van der Waals surface area (Å²) in [5.74, 6) is -0.212. The first-order valence-electron chi connectivity index (χ1n) is 5.64. The molecule has 4 heteroatoms. The first-order chi connectivity index (χ1) is 9.15. The van der Waals surface area contributed by atoms with Gasteiger partial charge in [0.25, 0.3) is 0 Å². The van der Waals surface area contributed by atoms with Gasteiger partial charge >= 0.3 is 0 Å². The lowest BCUT2D eigenvalue weighted by molar-refractivity contribution is -0.111. The van der Waals surface area contributed by atoms with Gasteiger partial charge in [0.05, 0.1) is 10.7 Å². The normalized spacial score (nSPS) is 10.6. The lowest BCUT2D eigenvalue weighted by atomic mass is 10.2. The van der Waals surface area contributed by atoms with Gasteiger partial charge in [-0.3, -0.25) is 4.79 Å². The molecule has 0 saturated carbocycles. The lowest BCUT2D eigenvalue weighted by Gasteiger charge is -2.03. The molecule has 0 atom stereocenters. The number of anilines is 1. The van der Waals surface area contributed by atoms with Crippen molar-refractivity contribution >= 4 is 45.2 Å². The van der Waals surface area contributed by atoms with Crippen LogP contribution in [0.25, 0.3) is 6.08 Å². The molecule has 0 spiro atoms. The highest BCUT2D eigenvalue weighted by atomic mass is 79.9. The predicted molar refractivity (Wildman–Crippen MR) is 83.3 cm³/mol. The molecule has 2 aromatic carbocycles. The fourth-order valence-electron chi connectivity index (χ4n) is 1.48. The van der Waals surface area contributed by atoms with Crippen molar-refractivity contribution in [3.8, 4) is 0 Å². The minimum Gasteiger partial charge on any atom is -0.321 e. The van der Waals surface area contributed by atoms with Crippen LogP contribution >= 0.6 is 27.5 Å².